The Balaban J connectivity index is 1.97. The van der Waals surface area contributed by atoms with Crippen molar-refractivity contribution >= 4 is 22.8 Å². The van der Waals surface area contributed by atoms with E-state index in [1.165, 1.54) is 0 Å². The number of fused-ring (bicyclic) bond motifs is 2. The van der Waals surface area contributed by atoms with Gasteiger partial charge in [-0.3, -0.25) is 0 Å². The van der Waals surface area contributed by atoms with Gasteiger partial charge < -0.3 is 9.30 Å². The number of imidazole rings is 1. The minimum Gasteiger partial charge on any atom is -0.491 e. The number of alkyl halides is 1. The summed E-state index contributed by atoms with van der Waals surface area (Å²) in [7, 11) is 0. The molecule has 5 heteroatoms. The van der Waals surface area contributed by atoms with E-state index in [4.69, 9.17) is 16.3 Å². The van der Waals surface area contributed by atoms with Crippen molar-refractivity contribution in [3.63, 3.8) is 0 Å². The van der Waals surface area contributed by atoms with Crippen molar-refractivity contribution < 1.29 is 4.74 Å². The SMILES string of the molecule is Cc1ccnc2c1nc(CCl)n2C1COc2ccccc21. The van der Waals surface area contributed by atoms with Crippen LogP contribution in [0.15, 0.2) is 36.5 Å². The van der Waals surface area contributed by atoms with Crippen molar-refractivity contribution in [3.05, 3.63) is 53.5 Å². The van der Waals surface area contributed by atoms with Gasteiger partial charge in [-0.1, -0.05) is 18.2 Å². The van der Waals surface area contributed by atoms with Gasteiger partial charge in [0.25, 0.3) is 0 Å². The minimum absolute atomic E-state index is 0.0780. The molecule has 0 N–H and O–H groups in total. The first kappa shape index (κ1) is 12.7. The second-order valence-electron chi connectivity index (χ2n) is 5.20. The molecule has 3 heterocycles. The molecule has 1 aliphatic heterocycles. The number of rotatable bonds is 2. The van der Waals surface area contributed by atoms with Gasteiger partial charge in [0.15, 0.2) is 5.65 Å². The zero-order valence-corrected chi connectivity index (χ0v) is 12.3. The maximum absolute atomic E-state index is 6.11. The van der Waals surface area contributed by atoms with Crippen molar-refractivity contribution in [2.45, 2.75) is 18.8 Å². The standard InChI is InChI=1S/C16H14ClN3O/c1-10-6-7-18-16-15(10)19-14(8-17)20(16)12-9-21-13-5-3-2-4-11(12)13/h2-7,12H,8-9H2,1H3. The van der Waals surface area contributed by atoms with Crippen LogP contribution in [0.2, 0.25) is 0 Å². The highest BCUT2D eigenvalue weighted by Gasteiger charge is 2.29. The Kier molecular flexibility index (Phi) is 2.86. The monoisotopic (exact) mass is 299 g/mol. The van der Waals surface area contributed by atoms with E-state index in [9.17, 15) is 0 Å². The lowest BCUT2D eigenvalue weighted by Gasteiger charge is -2.14. The smallest absolute Gasteiger partial charge is 0.161 e. The summed E-state index contributed by atoms with van der Waals surface area (Å²) >= 11 is 6.11. The predicted octanol–water partition coefficient (Wildman–Crippen LogP) is 3.46. The third kappa shape index (κ3) is 1.83. The molecule has 1 aliphatic rings. The summed E-state index contributed by atoms with van der Waals surface area (Å²) in [4.78, 5) is 9.18. The Morgan fingerprint density at radius 1 is 1.33 bits per heavy atom. The molecule has 0 saturated heterocycles. The number of aromatic nitrogens is 3. The number of pyridine rings is 1. The molecule has 3 aromatic rings. The van der Waals surface area contributed by atoms with Crippen molar-refractivity contribution in [2.75, 3.05) is 6.61 Å². The summed E-state index contributed by atoms with van der Waals surface area (Å²) in [5.41, 5.74) is 4.05. The van der Waals surface area contributed by atoms with E-state index in [0.29, 0.717) is 12.5 Å². The van der Waals surface area contributed by atoms with Gasteiger partial charge in [-0.15, -0.1) is 11.6 Å². The van der Waals surface area contributed by atoms with E-state index < -0.39 is 0 Å². The number of hydrogen-bond donors (Lipinski definition) is 0. The van der Waals surface area contributed by atoms with Crippen LogP contribution in [0.3, 0.4) is 0 Å². The van der Waals surface area contributed by atoms with E-state index in [0.717, 1.165) is 33.9 Å². The molecule has 0 radical (unpaired) electrons. The van der Waals surface area contributed by atoms with Gasteiger partial charge in [0.05, 0.1) is 11.9 Å². The lowest BCUT2D eigenvalue weighted by Crippen LogP contribution is -2.15. The zero-order valence-electron chi connectivity index (χ0n) is 11.6. The highest BCUT2D eigenvalue weighted by Crippen LogP contribution is 2.37. The van der Waals surface area contributed by atoms with Crippen LogP contribution in [-0.2, 0) is 5.88 Å². The molecule has 1 atom stereocenters. The first-order valence-electron chi connectivity index (χ1n) is 6.89. The lowest BCUT2D eigenvalue weighted by molar-refractivity contribution is 0.316. The fourth-order valence-corrected chi connectivity index (χ4v) is 3.13. The third-order valence-corrected chi connectivity index (χ3v) is 4.20. The van der Waals surface area contributed by atoms with Crippen LogP contribution in [-0.4, -0.2) is 21.1 Å². The van der Waals surface area contributed by atoms with Crippen LogP contribution in [0.4, 0.5) is 0 Å². The van der Waals surface area contributed by atoms with Gasteiger partial charge in [-0.25, -0.2) is 9.97 Å². The van der Waals surface area contributed by atoms with Crippen molar-refractivity contribution in [1.82, 2.24) is 14.5 Å². The molecule has 2 aromatic heterocycles. The summed E-state index contributed by atoms with van der Waals surface area (Å²) in [6, 6.07) is 10.1. The Labute approximate surface area is 127 Å². The van der Waals surface area contributed by atoms with Crippen LogP contribution in [0.1, 0.15) is 23.0 Å². The largest absolute Gasteiger partial charge is 0.491 e. The number of benzene rings is 1. The molecule has 0 spiro atoms. The molecule has 106 valence electrons. The molecule has 1 aromatic carbocycles. The van der Waals surface area contributed by atoms with Crippen LogP contribution < -0.4 is 4.74 Å². The Morgan fingerprint density at radius 3 is 3.05 bits per heavy atom. The minimum atomic E-state index is 0.0780. The topological polar surface area (TPSA) is 39.9 Å². The molecule has 0 aliphatic carbocycles. The molecule has 0 fully saturated rings. The average Bonchev–Trinajstić information content (AvgIpc) is 3.08. The molecule has 0 saturated carbocycles. The number of ether oxygens (including phenoxy) is 1. The Hall–Kier alpha value is -2.07. The van der Waals surface area contributed by atoms with Gasteiger partial charge in [-0.2, -0.15) is 0 Å². The van der Waals surface area contributed by atoms with Gasteiger partial charge in [0.2, 0.25) is 0 Å². The highest BCUT2D eigenvalue weighted by molar-refractivity contribution is 6.16. The van der Waals surface area contributed by atoms with Gasteiger partial charge in [0, 0.05) is 11.8 Å². The number of para-hydroxylation sites is 1. The molecular weight excluding hydrogens is 286 g/mol. The third-order valence-electron chi connectivity index (χ3n) is 3.96. The number of aryl methyl sites for hydroxylation is 1. The number of halogens is 1. The number of hydrogen-bond acceptors (Lipinski definition) is 3. The average molecular weight is 300 g/mol. The van der Waals surface area contributed by atoms with Crippen LogP contribution in [0, 0.1) is 6.92 Å². The zero-order chi connectivity index (χ0) is 14.4. The predicted molar refractivity (Wildman–Crippen MR) is 81.9 cm³/mol. The van der Waals surface area contributed by atoms with E-state index in [1.54, 1.807) is 0 Å². The van der Waals surface area contributed by atoms with Crippen molar-refractivity contribution in [3.8, 4) is 5.75 Å². The summed E-state index contributed by atoms with van der Waals surface area (Å²) in [5.74, 6) is 2.12. The maximum Gasteiger partial charge on any atom is 0.161 e. The van der Waals surface area contributed by atoms with Crippen molar-refractivity contribution in [1.29, 1.82) is 0 Å². The Bertz CT molecular complexity index is 828. The van der Waals surface area contributed by atoms with Crippen LogP contribution in [0.25, 0.3) is 11.2 Å². The van der Waals surface area contributed by atoms with E-state index >= 15 is 0 Å². The summed E-state index contributed by atoms with van der Waals surface area (Å²) in [5, 5.41) is 0. The lowest BCUT2D eigenvalue weighted by atomic mass is 10.1. The summed E-state index contributed by atoms with van der Waals surface area (Å²) in [6.45, 7) is 2.63. The van der Waals surface area contributed by atoms with E-state index in [1.807, 2.05) is 37.4 Å². The molecule has 4 rings (SSSR count). The summed E-state index contributed by atoms with van der Waals surface area (Å²) in [6.07, 6.45) is 1.82. The van der Waals surface area contributed by atoms with Crippen LogP contribution >= 0.6 is 11.6 Å². The van der Waals surface area contributed by atoms with Gasteiger partial charge in [0.1, 0.15) is 23.7 Å². The Morgan fingerprint density at radius 2 is 2.19 bits per heavy atom. The van der Waals surface area contributed by atoms with E-state index in [-0.39, 0.29) is 6.04 Å². The molecule has 21 heavy (non-hydrogen) atoms. The van der Waals surface area contributed by atoms with E-state index in [2.05, 4.69) is 20.6 Å². The normalized spacial score (nSPS) is 17.0. The van der Waals surface area contributed by atoms with Gasteiger partial charge >= 0.3 is 0 Å². The highest BCUT2D eigenvalue weighted by atomic mass is 35.5. The second-order valence-corrected chi connectivity index (χ2v) is 5.46. The second kappa shape index (κ2) is 4.74. The van der Waals surface area contributed by atoms with Gasteiger partial charge in [-0.05, 0) is 24.6 Å². The molecule has 0 bridgehead atoms. The first-order valence-corrected chi connectivity index (χ1v) is 7.43. The number of nitrogens with zero attached hydrogens (tertiary/aromatic N) is 3. The summed E-state index contributed by atoms with van der Waals surface area (Å²) < 4.78 is 7.91. The first-order chi connectivity index (χ1) is 10.3. The van der Waals surface area contributed by atoms with Crippen LogP contribution in [0.5, 0.6) is 5.75 Å². The fraction of sp³-hybridized carbons (Fsp3) is 0.250. The quantitative estimate of drug-likeness (QED) is 0.680. The molecular formula is C16H14ClN3O. The van der Waals surface area contributed by atoms with Crippen molar-refractivity contribution in [2.24, 2.45) is 0 Å². The molecule has 0 amide bonds. The fourth-order valence-electron chi connectivity index (χ4n) is 2.94. The maximum atomic E-state index is 6.11. The molecule has 4 nitrogen and oxygen atoms in total. The molecule has 1 unspecified atom stereocenters.